The van der Waals surface area contributed by atoms with Crippen molar-refractivity contribution in [2.45, 2.75) is 17.9 Å². The van der Waals surface area contributed by atoms with Crippen molar-refractivity contribution < 1.29 is 8.42 Å². The molecule has 0 unspecified atom stereocenters. The number of rotatable bonds is 2. The number of hydrogen-bond acceptors (Lipinski definition) is 4. The van der Waals surface area contributed by atoms with E-state index in [9.17, 15) is 8.42 Å². The summed E-state index contributed by atoms with van der Waals surface area (Å²) < 4.78 is 27.4. The van der Waals surface area contributed by atoms with E-state index in [1.807, 2.05) is 6.92 Å². The van der Waals surface area contributed by atoms with Gasteiger partial charge in [0, 0.05) is 38.9 Å². The summed E-state index contributed by atoms with van der Waals surface area (Å²) in [5.74, 6) is 0. The number of aryl methyl sites for hydroxylation is 1. The lowest BCUT2D eigenvalue weighted by atomic mass is 10.3. The zero-order valence-corrected chi connectivity index (χ0v) is 11.5. The topological polar surface area (TPSA) is 67.2 Å². The van der Waals surface area contributed by atoms with Crippen molar-refractivity contribution in [3.05, 3.63) is 12.4 Å². The number of nitrogens with zero attached hydrogens (tertiary/aromatic N) is 3. The van der Waals surface area contributed by atoms with Crippen LogP contribution in [0.2, 0.25) is 0 Å². The standard InChI is InChI=1S/C9H16N4O2S.ClH/c1-8-6-13(4-3-10-8)16(14,15)9-5-11-12(2)7-9;/h5,7-8,10H,3-4,6H2,1-2H3;1H/t8-;/m0./s1. The van der Waals surface area contributed by atoms with Crippen LogP contribution in [0, 0.1) is 0 Å². The van der Waals surface area contributed by atoms with Gasteiger partial charge in [-0.25, -0.2) is 8.42 Å². The van der Waals surface area contributed by atoms with Crippen LogP contribution in [0.4, 0.5) is 0 Å². The van der Waals surface area contributed by atoms with Crippen LogP contribution in [-0.2, 0) is 17.1 Å². The van der Waals surface area contributed by atoms with Gasteiger partial charge in [0.15, 0.2) is 0 Å². The molecule has 17 heavy (non-hydrogen) atoms. The molecule has 0 saturated carbocycles. The van der Waals surface area contributed by atoms with Crippen molar-refractivity contribution in [1.82, 2.24) is 19.4 Å². The number of piperazine rings is 1. The lowest BCUT2D eigenvalue weighted by molar-refractivity contribution is 0.310. The molecule has 2 heterocycles. The maximum absolute atomic E-state index is 12.2. The largest absolute Gasteiger partial charge is 0.312 e. The Morgan fingerprint density at radius 1 is 1.53 bits per heavy atom. The Labute approximate surface area is 107 Å². The Morgan fingerprint density at radius 3 is 2.76 bits per heavy atom. The van der Waals surface area contributed by atoms with Crippen molar-refractivity contribution in [3.63, 3.8) is 0 Å². The van der Waals surface area contributed by atoms with Gasteiger partial charge in [0.05, 0.1) is 6.20 Å². The molecule has 8 heteroatoms. The van der Waals surface area contributed by atoms with E-state index < -0.39 is 10.0 Å². The molecule has 0 aromatic carbocycles. The summed E-state index contributed by atoms with van der Waals surface area (Å²) in [4.78, 5) is 0.268. The van der Waals surface area contributed by atoms with E-state index in [-0.39, 0.29) is 23.3 Å². The van der Waals surface area contributed by atoms with Crippen LogP contribution in [0.3, 0.4) is 0 Å². The first-order chi connectivity index (χ1) is 7.50. The molecule has 2 rings (SSSR count). The van der Waals surface area contributed by atoms with E-state index in [2.05, 4.69) is 10.4 Å². The molecule has 1 atom stereocenters. The molecule has 0 bridgehead atoms. The summed E-state index contributed by atoms with van der Waals surface area (Å²) in [7, 11) is -1.66. The second-order valence-electron chi connectivity index (χ2n) is 4.07. The van der Waals surface area contributed by atoms with Gasteiger partial charge in [-0.2, -0.15) is 9.40 Å². The summed E-state index contributed by atoms with van der Waals surface area (Å²) >= 11 is 0. The summed E-state index contributed by atoms with van der Waals surface area (Å²) in [6.07, 6.45) is 2.92. The predicted octanol–water partition coefficient (Wildman–Crippen LogP) is -0.176. The third kappa shape index (κ3) is 2.98. The lowest BCUT2D eigenvalue weighted by Gasteiger charge is -2.30. The summed E-state index contributed by atoms with van der Waals surface area (Å²) in [6, 6.07) is 0.195. The molecular weight excluding hydrogens is 264 g/mol. The second-order valence-corrected chi connectivity index (χ2v) is 6.01. The number of halogens is 1. The molecule has 1 fully saturated rings. The van der Waals surface area contributed by atoms with Gasteiger partial charge in [-0.3, -0.25) is 4.68 Å². The molecule has 1 aliphatic heterocycles. The fourth-order valence-corrected chi connectivity index (χ4v) is 3.31. The first-order valence-electron chi connectivity index (χ1n) is 5.22. The number of sulfonamides is 1. The average molecular weight is 281 g/mol. The van der Waals surface area contributed by atoms with Gasteiger partial charge < -0.3 is 5.32 Å². The van der Waals surface area contributed by atoms with Gasteiger partial charge in [0.25, 0.3) is 0 Å². The third-order valence-electron chi connectivity index (χ3n) is 2.65. The maximum atomic E-state index is 12.2. The third-order valence-corrected chi connectivity index (χ3v) is 4.47. The Kier molecular flexibility index (Phi) is 4.54. The van der Waals surface area contributed by atoms with E-state index in [4.69, 9.17) is 0 Å². The molecule has 0 radical (unpaired) electrons. The average Bonchev–Trinajstić information content (AvgIpc) is 2.65. The van der Waals surface area contributed by atoms with Gasteiger partial charge in [-0.15, -0.1) is 12.4 Å². The molecule has 1 aromatic heterocycles. The zero-order valence-electron chi connectivity index (χ0n) is 9.83. The molecule has 0 spiro atoms. The number of nitrogens with one attached hydrogen (secondary N) is 1. The molecule has 1 N–H and O–H groups in total. The van der Waals surface area contributed by atoms with Gasteiger partial charge in [-0.1, -0.05) is 0 Å². The van der Waals surface area contributed by atoms with Crippen molar-refractivity contribution >= 4 is 22.4 Å². The minimum Gasteiger partial charge on any atom is -0.312 e. The Morgan fingerprint density at radius 2 is 2.24 bits per heavy atom. The van der Waals surface area contributed by atoms with E-state index in [0.717, 1.165) is 0 Å². The van der Waals surface area contributed by atoms with Crippen LogP contribution in [0.1, 0.15) is 6.92 Å². The van der Waals surface area contributed by atoms with Gasteiger partial charge in [0.1, 0.15) is 4.90 Å². The van der Waals surface area contributed by atoms with Crippen molar-refractivity contribution in [2.75, 3.05) is 19.6 Å². The molecule has 1 aromatic rings. The van der Waals surface area contributed by atoms with E-state index in [1.165, 1.54) is 21.4 Å². The quantitative estimate of drug-likeness (QED) is 0.816. The van der Waals surface area contributed by atoms with Crippen LogP contribution >= 0.6 is 12.4 Å². The van der Waals surface area contributed by atoms with Crippen LogP contribution < -0.4 is 5.32 Å². The number of hydrogen-bond donors (Lipinski definition) is 1. The predicted molar refractivity (Wildman–Crippen MR) is 66.7 cm³/mol. The van der Waals surface area contributed by atoms with Gasteiger partial charge in [-0.05, 0) is 6.92 Å². The molecule has 0 aliphatic carbocycles. The zero-order chi connectivity index (χ0) is 11.8. The molecule has 1 saturated heterocycles. The van der Waals surface area contributed by atoms with Crippen molar-refractivity contribution in [1.29, 1.82) is 0 Å². The molecule has 0 amide bonds. The maximum Gasteiger partial charge on any atom is 0.246 e. The Hall–Kier alpha value is -0.630. The summed E-state index contributed by atoms with van der Waals surface area (Å²) in [5.41, 5.74) is 0. The highest BCUT2D eigenvalue weighted by atomic mass is 35.5. The van der Waals surface area contributed by atoms with E-state index >= 15 is 0 Å². The molecular formula is C9H17ClN4O2S. The molecule has 98 valence electrons. The van der Waals surface area contributed by atoms with Crippen LogP contribution in [-0.4, -0.2) is 48.2 Å². The highest BCUT2D eigenvalue weighted by molar-refractivity contribution is 7.89. The first-order valence-corrected chi connectivity index (χ1v) is 6.66. The fraction of sp³-hybridized carbons (Fsp3) is 0.667. The Balaban J connectivity index is 0.00000144. The normalized spacial score (nSPS) is 22.1. The SMILES string of the molecule is C[C@H]1CN(S(=O)(=O)c2cnn(C)c2)CCN1.Cl. The highest BCUT2D eigenvalue weighted by Gasteiger charge is 2.29. The van der Waals surface area contributed by atoms with Crippen LogP contribution in [0.5, 0.6) is 0 Å². The van der Waals surface area contributed by atoms with Crippen molar-refractivity contribution in [2.24, 2.45) is 7.05 Å². The molecule has 6 nitrogen and oxygen atoms in total. The summed E-state index contributed by atoms with van der Waals surface area (Å²) in [5, 5.41) is 7.11. The van der Waals surface area contributed by atoms with E-state index in [0.29, 0.717) is 19.6 Å². The number of aromatic nitrogens is 2. The highest BCUT2D eigenvalue weighted by Crippen LogP contribution is 2.15. The van der Waals surface area contributed by atoms with Crippen LogP contribution in [0.15, 0.2) is 17.3 Å². The minimum absolute atomic E-state index is 0. The fourth-order valence-electron chi connectivity index (χ4n) is 1.80. The van der Waals surface area contributed by atoms with Gasteiger partial charge >= 0.3 is 0 Å². The first kappa shape index (κ1) is 14.4. The van der Waals surface area contributed by atoms with Crippen LogP contribution in [0.25, 0.3) is 0 Å². The second kappa shape index (κ2) is 5.34. The summed E-state index contributed by atoms with van der Waals surface area (Å²) in [6.45, 7) is 3.70. The smallest absolute Gasteiger partial charge is 0.246 e. The minimum atomic E-state index is -3.36. The van der Waals surface area contributed by atoms with Crippen molar-refractivity contribution in [3.8, 4) is 0 Å². The monoisotopic (exact) mass is 280 g/mol. The lowest BCUT2D eigenvalue weighted by Crippen LogP contribution is -2.51. The van der Waals surface area contributed by atoms with Gasteiger partial charge in [0.2, 0.25) is 10.0 Å². The Bertz CT molecular complexity index is 473. The van der Waals surface area contributed by atoms with E-state index in [1.54, 1.807) is 7.05 Å². The molecule has 1 aliphatic rings.